The van der Waals surface area contributed by atoms with E-state index in [0.29, 0.717) is 25.4 Å². The molecule has 0 aromatic carbocycles. The first kappa shape index (κ1) is 10.9. The number of hydrogen-bond acceptors (Lipinski definition) is 5. The second kappa shape index (κ2) is 4.50. The molecule has 1 saturated heterocycles. The third-order valence-corrected chi connectivity index (χ3v) is 2.46. The van der Waals surface area contributed by atoms with Gasteiger partial charge < -0.3 is 20.5 Å². The monoisotopic (exact) mass is 226 g/mol. The van der Waals surface area contributed by atoms with E-state index >= 15 is 0 Å². The third kappa shape index (κ3) is 2.15. The molecule has 1 aliphatic rings. The van der Waals surface area contributed by atoms with Crippen molar-refractivity contribution in [2.24, 2.45) is 0 Å². The van der Waals surface area contributed by atoms with Crippen LogP contribution in [-0.4, -0.2) is 58.5 Å². The van der Waals surface area contributed by atoms with Crippen LogP contribution in [0.5, 0.6) is 0 Å². The molecule has 1 atom stereocenters. The summed E-state index contributed by atoms with van der Waals surface area (Å²) < 4.78 is 5.25. The van der Waals surface area contributed by atoms with Crippen molar-refractivity contribution in [3.63, 3.8) is 0 Å². The molecule has 4 N–H and O–H groups in total. The van der Waals surface area contributed by atoms with Crippen LogP contribution < -0.4 is 5.73 Å². The number of nitrogens with two attached hydrogens (primary N) is 1. The zero-order valence-corrected chi connectivity index (χ0v) is 8.72. The maximum atomic E-state index is 11.9. The number of aliphatic hydroxyl groups is 1. The Balaban J connectivity index is 2.04. The molecule has 7 nitrogen and oxygen atoms in total. The van der Waals surface area contributed by atoms with Crippen molar-refractivity contribution in [3.8, 4) is 0 Å². The average molecular weight is 226 g/mol. The predicted octanol–water partition coefficient (Wildman–Crippen LogP) is -1.17. The van der Waals surface area contributed by atoms with E-state index in [9.17, 15) is 4.79 Å². The molecule has 0 saturated carbocycles. The van der Waals surface area contributed by atoms with Gasteiger partial charge in [-0.25, -0.2) is 0 Å². The van der Waals surface area contributed by atoms with Crippen LogP contribution in [0.4, 0.5) is 5.82 Å². The van der Waals surface area contributed by atoms with Crippen LogP contribution in [0.1, 0.15) is 10.5 Å². The maximum absolute atomic E-state index is 11.9. The van der Waals surface area contributed by atoms with Crippen molar-refractivity contribution >= 4 is 11.7 Å². The van der Waals surface area contributed by atoms with Gasteiger partial charge in [-0.1, -0.05) is 0 Å². The Morgan fingerprint density at radius 2 is 2.62 bits per heavy atom. The van der Waals surface area contributed by atoms with E-state index < -0.39 is 0 Å². The molecule has 0 aliphatic carbocycles. The van der Waals surface area contributed by atoms with E-state index in [-0.39, 0.29) is 24.4 Å². The fourth-order valence-electron chi connectivity index (χ4n) is 1.63. The van der Waals surface area contributed by atoms with Gasteiger partial charge in [-0.05, 0) is 0 Å². The Morgan fingerprint density at radius 1 is 1.81 bits per heavy atom. The summed E-state index contributed by atoms with van der Waals surface area (Å²) in [4.78, 5) is 13.5. The lowest BCUT2D eigenvalue weighted by molar-refractivity contribution is -0.0448. The quantitative estimate of drug-likeness (QED) is 0.589. The summed E-state index contributed by atoms with van der Waals surface area (Å²) in [7, 11) is 0. The summed E-state index contributed by atoms with van der Waals surface area (Å²) in [5.41, 5.74) is 5.78. The van der Waals surface area contributed by atoms with E-state index in [2.05, 4.69) is 10.2 Å². The van der Waals surface area contributed by atoms with Crippen molar-refractivity contribution in [1.82, 2.24) is 15.1 Å². The zero-order chi connectivity index (χ0) is 11.5. The van der Waals surface area contributed by atoms with Gasteiger partial charge >= 0.3 is 0 Å². The normalized spacial score (nSPS) is 21.1. The number of aliphatic hydroxyl groups excluding tert-OH is 1. The molecule has 1 amide bonds. The molecule has 2 heterocycles. The van der Waals surface area contributed by atoms with Gasteiger partial charge in [0.2, 0.25) is 0 Å². The number of nitrogen functional groups attached to an aromatic ring is 1. The summed E-state index contributed by atoms with van der Waals surface area (Å²) in [5.74, 6) is 0.112. The smallest absolute Gasteiger partial charge is 0.272 e. The molecular formula is C9H14N4O3. The Kier molecular flexibility index (Phi) is 3.07. The summed E-state index contributed by atoms with van der Waals surface area (Å²) in [6, 6.07) is 1.49. The van der Waals surface area contributed by atoms with Gasteiger partial charge in [0.25, 0.3) is 5.91 Å². The molecule has 16 heavy (non-hydrogen) atoms. The lowest BCUT2D eigenvalue weighted by Gasteiger charge is -2.31. The number of hydrogen-bond donors (Lipinski definition) is 3. The number of H-pyrrole nitrogens is 1. The van der Waals surface area contributed by atoms with Gasteiger partial charge in [-0.2, -0.15) is 5.10 Å². The number of aromatic amines is 1. The van der Waals surface area contributed by atoms with E-state index in [1.165, 1.54) is 6.07 Å². The van der Waals surface area contributed by atoms with Crippen LogP contribution in [0, 0.1) is 0 Å². The Labute approximate surface area is 92.2 Å². The number of nitrogens with one attached hydrogen (secondary N) is 1. The molecule has 1 aromatic heterocycles. The van der Waals surface area contributed by atoms with Gasteiger partial charge in [-0.3, -0.25) is 9.89 Å². The topological polar surface area (TPSA) is 104 Å². The minimum Gasteiger partial charge on any atom is -0.394 e. The van der Waals surface area contributed by atoms with Crippen molar-refractivity contribution in [1.29, 1.82) is 0 Å². The number of ether oxygens (including phenoxy) is 1. The number of aromatic nitrogens is 2. The van der Waals surface area contributed by atoms with E-state index in [0.717, 1.165) is 0 Å². The van der Waals surface area contributed by atoms with Gasteiger partial charge in [0.1, 0.15) is 11.5 Å². The van der Waals surface area contributed by atoms with Crippen LogP contribution in [-0.2, 0) is 4.74 Å². The zero-order valence-electron chi connectivity index (χ0n) is 8.72. The fraction of sp³-hybridized carbons (Fsp3) is 0.556. The Bertz CT molecular complexity index is 379. The van der Waals surface area contributed by atoms with Gasteiger partial charge in [0, 0.05) is 19.2 Å². The number of carbonyl (C=O) groups is 1. The number of carbonyl (C=O) groups excluding carboxylic acids is 1. The molecule has 88 valence electrons. The molecule has 1 fully saturated rings. The largest absolute Gasteiger partial charge is 0.394 e. The number of rotatable bonds is 2. The van der Waals surface area contributed by atoms with Crippen LogP contribution in [0.25, 0.3) is 0 Å². The number of nitrogens with zero attached hydrogens (tertiary/aromatic N) is 2. The molecular weight excluding hydrogens is 212 g/mol. The number of anilines is 1. The van der Waals surface area contributed by atoms with E-state index in [1.807, 2.05) is 0 Å². The Hall–Kier alpha value is -1.60. The molecule has 7 heteroatoms. The van der Waals surface area contributed by atoms with Crippen LogP contribution in [0.15, 0.2) is 6.07 Å². The SMILES string of the molecule is Nc1cc(C(=O)N2CCOC(CO)C2)[nH]n1. The van der Waals surface area contributed by atoms with Gasteiger partial charge in [-0.15, -0.1) is 0 Å². The molecule has 0 radical (unpaired) electrons. The molecule has 2 rings (SSSR count). The summed E-state index contributed by atoms with van der Waals surface area (Å²) in [6.45, 7) is 1.23. The minimum absolute atomic E-state index is 0.0884. The van der Waals surface area contributed by atoms with Crippen molar-refractivity contribution in [2.75, 3.05) is 32.0 Å². The average Bonchev–Trinajstić information content (AvgIpc) is 2.75. The van der Waals surface area contributed by atoms with Crippen molar-refractivity contribution < 1.29 is 14.6 Å². The fourth-order valence-corrected chi connectivity index (χ4v) is 1.63. The number of amides is 1. The highest BCUT2D eigenvalue weighted by Gasteiger charge is 2.25. The second-order valence-electron chi connectivity index (χ2n) is 3.63. The highest BCUT2D eigenvalue weighted by Crippen LogP contribution is 2.10. The highest BCUT2D eigenvalue weighted by molar-refractivity contribution is 5.93. The minimum atomic E-state index is -0.307. The van der Waals surface area contributed by atoms with Crippen molar-refractivity contribution in [3.05, 3.63) is 11.8 Å². The summed E-state index contributed by atoms with van der Waals surface area (Å²) in [5, 5.41) is 15.2. The maximum Gasteiger partial charge on any atom is 0.272 e. The van der Waals surface area contributed by atoms with Gasteiger partial charge in [0.15, 0.2) is 0 Å². The standard InChI is InChI=1S/C9H14N4O3/c10-8-3-7(11-12-8)9(15)13-1-2-16-6(4-13)5-14/h3,6,14H,1-2,4-5H2,(H3,10,11,12). The van der Waals surface area contributed by atoms with Gasteiger partial charge in [0.05, 0.1) is 19.3 Å². The van der Waals surface area contributed by atoms with E-state index in [1.54, 1.807) is 4.90 Å². The Morgan fingerprint density at radius 3 is 3.25 bits per heavy atom. The lowest BCUT2D eigenvalue weighted by atomic mass is 10.2. The highest BCUT2D eigenvalue weighted by atomic mass is 16.5. The summed E-state index contributed by atoms with van der Waals surface area (Å²) >= 11 is 0. The van der Waals surface area contributed by atoms with Crippen molar-refractivity contribution in [2.45, 2.75) is 6.10 Å². The van der Waals surface area contributed by atoms with Crippen LogP contribution in [0.2, 0.25) is 0 Å². The molecule has 1 unspecified atom stereocenters. The molecule has 0 spiro atoms. The first-order valence-electron chi connectivity index (χ1n) is 5.03. The van der Waals surface area contributed by atoms with E-state index in [4.69, 9.17) is 15.6 Å². The van der Waals surface area contributed by atoms with Crippen LogP contribution >= 0.6 is 0 Å². The summed E-state index contributed by atoms with van der Waals surface area (Å²) in [6.07, 6.45) is -0.307. The predicted molar refractivity (Wildman–Crippen MR) is 55.7 cm³/mol. The molecule has 0 bridgehead atoms. The molecule has 1 aromatic rings. The number of morpholine rings is 1. The molecule has 1 aliphatic heterocycles. The van der Waals surface area contributed by atoms with Crippen LogP contribution in [0.3, 0.4) is 0 Å². The first-order valence-corrected chi connectivity index (χ1v) is 5.03. The second-order valence-corrected chi connectivity index (χ2v) is 3.63. The first-order chi connectivity index (χ1) is 7.70. The third-order valence-electron chi connectivity index (χ3n) is 2.46. The lowest BCUT2D eigenvalue weighted by Crippen LogP contribution is -2.47.